The summed E-state index contributed by atoms with van der Waals surface area (Å²) in [5.74, 6) is 1.28. The maximum absolute atomic E-state index is 11.4. The Bertz CT molecular complexity index is 748. The van der Waals surface area contributed by atoms with E-state index < -0.39 is 0 Å². The van der Waals surface area contributed by atoms with Crippen molar-refractivity contribution in [3.63, 3.8) is 0 Å². The number of carbonyl (C=O) groups excluding carboxylic acids is 1. The van der Waals surface area contributed by atoms with Crippen LogP contribution in [-0.4, -0.2) is 70.4 Å². The first-order valence-electron chi connectivity index (χ1n) is 7.64. The van der Waals surface area contributed by atoms with E-state index >= 15 is 0 Å². The van der Waals surface area contributed by atoms with E-state index in [1.54, 1.807) is 6.20 Å². The summed E-state index contributed by atoms with van der Waals surface area (Å²) in [6, 6.07) is 0.0354. The Balaban J connectivity index is 1.69. The number of imidazole rings is 1. The third-order valence-electron chi connectivity index (χ3n) is 4.68. The molecule has 0 amide bonds. The van der Waals surface area contributed by atoms with Crippen molar-refractivity contribution in [2.24, 2.45) is 0 Å². The molecule has 9 heteroatoms. The van der Waals surface area contributed by atoms with Gasteiger partial charge in [0.2, 0.25) is 5.95 Å². The molecule has 0 aromatic carbocycles. The number of carbonyl (C=O) groups is 1. The van der Waals surface area contributed by atoms with Gasteiger partial charge in [0.15, 0.2) is 5.82 Å². The number of rotatable bonds is 2. The van der Waals surface area contributed by atoms with Crippen LogP contribution in [0.5, 0.6) is 0 Å². The van der Waals surface area contributed by atoms with E-state index in [1.165, 1.54) is 0 Å². The van der Waals surface area contributed by atoms with Crippen LogP contribution in [0.1, 0.15) is 0 Å². The number of hydrogen-bond donors (Lipinski definition) is 2. The van der Waals surface area contributed by atoms with Gasteiger partial charge >= 0.3 is 0 Å². The number of nitrogens with two attached hydrogens (primary N) is 1. The van der Waals surface area contributed by atoms with Crippen LogP contribution in [0.15, 0.2) is 17.0 Å². The fourth-order valence-corrected chi connectivity index (χ4v) is 4.08. The largest absolute Gasteiger partial charge is 0.382 e. The van der Waals surface area contributed by atoms with E-state index in [0.29, 0.717) is 10.4 Å². The molecule has 2 aliphatic rings. The number of piperazine rings is 2. The minimum Gasteiger partial charge on any atom is -0.382 e. The number of aldehydes is 1. The Hall–Kier alpha value is -1.71. The molecule has 2 fully saturated rings. The van der Waals surface area contributed by atoms with Crippen molar-refractivity contribution in [1.29, 1.82) is 0 Å². The molecule has 2 atom stereocenters. The highest BCUT2D eigenvalue weighted by Crippen LogP contribution is 2.29. The SMILES string of the molecule is Nc1nccn2c(N3CCN4CCNC(C=O)C4C3)nc(Br)c12. The van der Waals surface area contributed by atoms with Crippen LogP contribution >= 0.6 is 15.9 Å². The van der Waals surface area contributed by atoms with Gasteiger partial charge in [-0.15, -0.1) is 0 Å². The Kier molecular flexibility index (Phi) is 3.70. The average molecular weight is 380 g/mol. The highest BCUT2D eigenvalue weighted by Gasteiger charge is 2.36. The van der Waals surface area contributed by atoms with Crippen LogP contribution in [0.4, 0.5) is 11.8 Å². The highest BCUT2D eigenvalue weighted by molar-refractivity contribution is 9.10. The molecule has 2 aromatic rings. The molecule has 4 rings (SSSR count). The van der Waals surface area contributed by atoms with Crippen LogP contribution in [0.2, 0.25) is 0 Å². The third-order valence-corrected chi connectivity index (χ3v) is 5.23. The van der Waals surface area contributed by atoms with Crippen molar-refractivity contribution >= 4 is 39.5 Å². The van der Waals surface area contributed by atoms with Crippen LogP contribution in [-0.2, 0) is 4.79 Å². The molecule has 0 spiro atoms. The van der Waals surface area contributed by atoms with Gasteiger partial charge in [0.05, 0.1) is 6.04 Å². The fourth-order valence-electron chi connectivity index (χ4n) is 3.53. The first kappa shape index (κ1) is 14.9. The molecular weight excluding hydrogens is 362 g/mol. The molecule has 2 unspecified atom stereocenters. The van der Waals surface area contributed by atoms with Crippen molar-refractivity contribution in [3.05, 3.63) is 17.0 Å². The van der Waals surface area contributed by atoms with Gasteiger partial charge < -0.3 is 20.7 Å². The number of anilines is 2. The molecular formula is C14H18BrN7O. The number of fused-ring (bicyclic) bond motifs is 2. The Labute approximate surface area is 141 Å². The highest BCUT2D eigenvalue weighted by atomic mass is 79.9. The van der Waals surface area contributed by atoms with E-state index in [-0.39, 0.29) is 12.1 Å². The van der Waals surface area contributed by atoms with Crippen LogP contribution < -0.4 is 16.0 Å². The summed E-state index contributed by atoms with van der Waals surface area (Å²) in [6.07, 6.45) is 4.55. The van der Waals surface area contributed by atoms with Crippen molar-refractivity contribution in [1.82, 2.24) is 24.6 Å². The lowest BCUT2D eigenvalue weighted by Crippen LogP contribution is -2.66. The molecule has 23 heavy (non-hydrogen) atoms. The van der Waals surface area contributed by atoms with Crippen LogP contribution in [0.3, 0.4) is 0 Å². The number of hydrogen-bond acceptors (Lipinski definition) is 7. The summed E-state index contributed by atoms with van der Waals surface area (Å²) < 4.78 is 2.64. The number of halogens is 1. The number of nitrogens with one attached hydrogen (secondary N) is 1. The molecule has 0 radical (unpaired) electrons. The third kappa shape index (κ3) is 2.39. The van der Waals surface area contributed by atoms with E-state index in [0.717, 1.165) is 50.5 Å². The molecule has 3 N–H and O–H groups in total. The lowest BCUT2D eigenvalue weighted by molar-refractivity contribution is -0.112. The van der Waals surface area contributed by atoms with E-state index in [1.807, 2.05) is 10.6 Å². The topological polar surface area (TPSA) is 91.8 Å². The molecule has 4 heterocycles. The van der Waals surface area contributed by atoms with Gasteiger partial charge in [-0.1, -0.05) is 0 Å². The molecule has 122 valence electrons. The predicted molar refractivity (Wildman–Crippen MR) is 90.5 cm³/mol. The molecule has 2 aliphatic heterocycles. The van der Waals surface area contributed by atoms with Crippen molar-refractivity contribution in [2.45, 2.75) is 12.1 Å². The molecule has 2 aromatic heterocycles. The molecule has 2 saturated heterocycles. The van der Waals surface area contributed by atoms with Crippen LogP contribution in [0, 0.1) is 0 Å². The normalized spacial score (nSPS) is 25.5. The minimum absolute atomic E-state index is 0.132. The van der Waals surface area contributed by atoms with Gasteiger partial charge in [-0.3, -0.25) is 9.30 Å². The second-order valence-corrected chi connectivity index (χ2v) is 6.65. The number of nitrogen functional groups attached to an aromatic ring is 1. The maximum Gasteiger partial charge on any atom is 0.211 e. The zero-order valence-corrected chi connectivity index (χ0v) is 14.1. The van der Waals surface area contributed by atoms with E-state index in [9.17, 15) is 4.79 Å². The lowest BCUT2D eigenvalue weighted by atomic mass is 10.0. The smallest absolute Gasteiger partial charge is 0.211 e. The quantitative estimate of drug-likeness (QED) is 0.694. The molecule has 8 nitrogen and oxygen atoms in total. The minimum atomic E-state index is -0.132. The molecule has 0 bridgehead atoms. The number of nitrogens with zero attached hydrogens (tertiary/aromatic N) is 5. The fraction of sp³-hybridized carbons (Fsp3) is 0.500. The first-order chi connectivity index (χ1) is 11.2. The zero-order valence-electron chi connectivity index (χ0n) is 12.5. The van der Waals surface area contributed by atoms with Gasteiger partial charge in [0.1, 0.15) is 16.4 Å². The second-order valence-electron chi connectivity index (χ2n) is 5.90. The van der Waals surface area contributed by atoms with Gasteiger partial charge in [0.25, 0.3) is 0 Å². The predicted octanol–water partition coefficient (Wildman–Crippen LogP) is -0.265. The zero-order chi connectivity index (χ0) is 16.0. The summed E-state index contributed by atoms with van der Waals surface area (Å²) >= 11 is 3.47. The summed E-state index contributed by atoms with van der Waals surface area (Å²) in [6.45, 7) is 4.38. The first-order valence-corrected chi connectivity index (χ1v) is 8.44. The van der Waals surface area contributed by atoms with Gasteiger partial charge in [-0.05, 0) is 15.9 Å². The van der Waals surface area contributed by atoms with Gasteiger partial charge in [-0.25, -0.2) is 9.97 Å². The van der Waals surface area contributed by atoms with Crippen LogP contribution in [0.25, 0.3) is 5.52 Å². The number of aromatic nitrogens is 3. The Morgan fingerprint density at radius 3 is 3.09 bits per heavy atom. The summed E-state index contributed by atoms with van der Waals surface area (Å²) in [5.41, 5.74) is 6.74. The van der Waals surface area contributed by atoms with Crippen molar-refractivity contribution in [3.8, 4) is 0 Å². The molecule has 0 saturated carbocycles. The monoisotopic (exact) mass is 379 g/mol. The van der Waals surface area contributed by atoms with Gasteiger partial charge in [0, 0.05) is 51.2 Å². The lowest BCUT2D eigenvalue weighted by Gasteiger charge is -2.46. The summed E-state index contributed by atoms with van der Waals surface area (Å²) in [4.78, 5) is 24.7. The van der Waals surface area contributed by atoms with Crippen molar-refractivity contribution in [2.75, 3.05) is 43.4 Å². The summed E-state index contributed by atoms with van der Waals surface area (Å²) in [5, 5.41) is 3.29. The van der Waals surface area contributed by atoms with Gasteiger partial charge in [-0.2, -0.15) is 0 Å². The second kappa shape index (κ2) is 5.73. The maximum atomic E-state index is 11.4. The van der Waals surface area contributed by atoms with Crippen molar-refractivity contribution < 1.29 is 4.79 Å². The Morgan fingerprint density at radius 1 is 1.39 bits per heavy atom. The van der Waals surface area contributed by atoms with E-state index in [4.69, 9.17) is 5.73 Å². The van der Waals surface area contributed by atoms with E-state index in [2.05, 4.69) is 41.0 Å². The standard InChI is InChI=1S/C14H18BrN7O/c15-12-11-13(16)18-2-4-22(11)14(19-12)21-6-5-20-3-1-17-9(8-23)10(20)7-21/h2,4,8-10,17H,1,3,5-7H2,(H2,16,18). The summed E-state index contributed by atoms with van der Waals surface area (Å²) in [7, 11) is 0. The average Bonchev–Trinajstić information content (AvgIpc) is 2.92. The molecule has 0 aliphatic carbocycles. The Morgan fingerprint density at radius 2 is 2.26 bits per heavy atom.